The van der Waals surface area contributed by atoms with Gasteiger partial charge in [-0.3, -0.25) is 25.7 Å². The Morgan fingerprint density at radius 3 is 1.54 bits per heavy atom. The van der Waals surface area contributed by atoms with Crippen molar-refractivity contribution in [2.45, 2.75) is 37.8 Å². The molecule has 0 saturated carbocycles. The summed E-state index contributed by atoms with van der Waals surface area (Å²) in [4.78, 5) is 55.4. The van der Waals surface area contributed by atoms with Gasteiger partial charge in [0.1, 0.15) is 34.5 Å². The number of ether oxygens (including phenoxy) is 2. The lowest BCUT2D eigenvalue weighted by Gasteiger charge is -2.32. The standard InChI is InChI=1S/C23H21Cl2FN4O3.C13H17ClFN3O2.C10H6ClNO2/c24-15-2-6-20-14(11-15)1-5-21(28-20)23(32)29-30-9-7-16(8-10-30)27-22(31)13-33-17-3-4-18(25)19(26)12-17;14-11-2-1-10(7-12(11)15)20-8-13(19)17-9-3-5-18(16)6-4-9;11-7-2-4-8-6(5-7)1-3-9(12-8)10(13)14/h1-6,11-12,16H,7-10,13H2,(H,27,31)(H,29,32);1-2,7,9H,3-6,8,16H2,(H,17,19);1-5H,(H,13,14). The number of nitrogens with two attached hydrogens (primary N) is 1. The highest BCUT2D eigenvalue weighted by Gasteiger charge is 2.23. The van der Waals surface area contributed by atoms with Crippen molar-refractivity contribution in [1.29, 1.82) is 0 Å². The van der Waals surface area contributed by atoms with Gasteiger partial charge in [0.05, 0.1) is 21.1 Å². The second-order valence-electron chi connectivity index (χ2n) is 15.2. The smallest absolute Gasteiger partial charge is 0.354 e. The Hall–Kier alpha value is -5.92. The Balaban J connectivity index is 0.000000184. The van der Waals surface area contributed by atoms with Crippen LogP contribution in [-0.2, 0) is 9.59 Å². The number of carbonyl (C=O) groups excluding carboxylic acids is 3. The van der Waals surface area contributed by atoms with Crippen LogP contribution >= 0.6 is 46.4 Å². The van der Waals surface area contributed by atoms with Gasteiger partial charge < -0.3 is 25.2 Å². The van der Waals surface area contributed by atoms with Crippen LogP contribution in [0.5, 0.6) is 11.5 Å². The molecule has 3 amide bonds. The Morgan fingerprint density at radius 2 is 1.07 bits per heavy atom. The second kappa shape index (κ2) is 24.2. The third-order valence-electron chi connectivity index (χ3n) is 10.3. The van der Waals surface area contributed by atoms with Crippen molar-refractivity contribution in [3.8, 4) is 11.5 Å². The molecule has 0 aliphatic carbocycles. The van der Waals surface area contributed by atoms with Crippen LogP contribution in [0.2, 0.25) is 20.1 Å². The van der Waals surface area contributed by atoms with E-state index in [1.807, 2.05) is 11.1 Å². The van der Waals surface area contributed by atoms with E-state index in [1.54, 1.807) is 53.5 Å². The molecule has 67 heavy (non-hydrogen) atoms. The molecule has 4 aromatic carbocycles. The lowest BCUT2D eigenvalue weighted by molar-refractivity contribution is -0.124. The van der Waals surface area contributed by atoms with Gasteiger partial charge in [0.25, 0.3) is 17.7 Å². The van der Waals surface area contributed by atoms with Crippen LogP contribution in [0.15, 0.2) is 97.1 Å². The normalized spacial score (nSPS) is 14.5. The van der Waals surface area contributed by atoms with Gasteiger partial charge in [-0.25, -0.2) is 33.6 Å². The minimum atomic E-state index is -1.03. The van der Waals surface area contributed by atoms with Crippen LogP contribution in [-0.4, -0.2) is 100 Å². The van der Waals surface area contributed by atoms with Gasteiger partial charge in [-0.2, -0.15) is 0 Å². The fourth-order valence-electron chi connectivity index (χ4n) is 6.79. The van der Waals surface area contributed by atoms with E-state index in [1.165, 1.54) is 30.3 Å². The third kappa shape index (κ3) is 15.6. The van der Waals surface area contributed by atoms with Gasteiger partial charge in [0.15, 0.2) is 13.2 Å². The summed E-state index contributed by atoms with van der Waals surface area (Å²) in [6, 6.07) is 25.2. The van der Waals surface area contributed by atoms with Gasteiger partial charge in [-0.1, -0.05) is 58.5 Å². The van der Waals surface area contributed by atoms with E-state index < -0.39 is 17.6 Å². The maximum atomic E-state index is 13.4. The van der Waals surface area contributed by atoms with Crippen molar-refractivity contribution >= 4 is 91.9 Å². The molecule has 0 unspecified atom stereocenters. The van der Waals surface area contributed by atoms with Gasteiger partial charge >= 0.3 is 5.97 Å². The molecule has 4 heterocycles. The number of carboxylic acids is 1. The molecule has 2 aliphatic rings. The molecule has 6 N–H and O–H groups in total. The first-order valence-corrected chi connectivity index (χ1v) is 22.3. The van der Waals surface area contributed by atoms with E-state index in [2.05, 4.69) is 26.0 Å². The second-order valence-corrected chi connectivity index (χ2v) is 16.9. The molecule has 15 nitrogen and oxygen atoms in total. The van der Waals surface area contributed by atoms with E-state index in [0.29, 0.717) is 52.7 Å². The number of carboxylic acid groups (broad SMARTS) is 1. The van der Waals surface area contributed by atoms with Crippen LogP contribution in [0.1, 0.15) is 46.7 Å². The van der Waals surface area contributed by atoms with Crippen molar-refractivity contribution in [2.24, 2.45) is 5.84 Å². The number of nitrogens with zero attached hydrogens (tertiary/aromatic N) is 4. The van der Waals surface area contributed by atoms with E-state index in [0.717, 1.165) is 48.8 Å². The highest BCUT2D eigenvalue weighted by atomic mass is 35.5. The monoisotopic (exact) mass is 998 g/mol. The van der Waals surface area contributed by atoms with E-state index >= 15 is 0 Å². The molecular formula is C46H44Cl4F2N8O7. The fraction of sp³-hybridized carbons (Fsp3) is 0.261. The highest BCUT2D eigenvalue weighted by molar-refractivity contribution is 6.32. The number of hydrogen-bond acceptors (Lipinski definition) is 11. The van der Waals surface area contributed by atoms with Crippen LogP contribution in [0, 0.1) is 11.6 Å². The lowest BCUT2D eigenvalue weighted by atomic mass is 10.1. The molecule has 352 valence electrons. The maximum absolute atomic E-state index is 13.4. The number of hydrazine groups is 2. The van der Waals surface area contributed by atoms with Gasteiger partial charge in [-0.15, -0.1) is 0 Å². The molecule has 21 heteroatoms. The average molecular weight is 1000 g/mol. The van der Waals surface area contributed by atoms with E-state index in [4.69, 9.17) is 66.8 Å². The number of halogens is 6. The fourth-order valence-corrected chi connectivity index (χ4v) is 7.38. The first-order chi connectivity index (χ1) is 32.1. The van der Waals surface area contributed by atoms with Crippen molar-refractivity contribution < 1.29 is 42.5 Å². The minimum absolute atomic E-state index is 0.00744. The molecule has 0 atom stereocenters. The predicted octanol–water partition coefficient (Wildman–Crippen LogP) is 7.88. The molecule has 0 spiro atoms. The number of fused-ring (bicyclic) bond motifs is 2. The summed E-state index contributed by atoms with van der Waals surface area (Å²) in [7, 11) is 0. The first kappa shape index (κ1) is 50.5. The Kier molecular flexibility index (Phi) is 18.2. The summed E-state index contributed by atoms with van der Waals surface area (Å²) in [5.74, 6) is 3.13. The lowest BCUT2D eigenvalue weighted by Crippen LogP contribution is -2.51. The van der Waals surface area contributed by atoms with E-state index in [-0.39, 0.29) is 70.3 Å². The number of hydrogen-bond donors (Lipinski definition) is 5. The van der Waals surface area contributed by atoms with Crippen LogP contribution < -0.4 is 31.4 Å². The Labute approximate surface area is 403 Å². The quantitative estimate of drug-likeness (QED) is 0.0788. The van der Waals surface area contributed by atoms with Crippen molar-refractivity contribution in [2.75, 3.05) is 39.4 Å². The SMILES string of the molecule is NN1CCC(NC(=O)COc2ccc(Cl)c(F)c2)CC1.O=C(COc1ccc(Cl)c(F)c1)NC1CCN(NC(=O)c2ccc3cc(Cl)ccc3n2)CC1.O=C(O)c1ccc2cc(Cl)ccc2n1. The number of amides is 3. The van der Waals surface area contributed by atoms with Gasteiger partial charge in [-0.05, 0) is 98.5 Å². The maximum Gasteiger partial charge on any atom is 0.354 e. The number of pyridine rings is 2. The summed E-state index contributed by atoms with van der Waals surface area (Å²) >= 11 is 23.0. The molecule has 2 saturated heterocycles. The predicted molar refractivity (Wildman–Crippen MR) is 251 cm³/mol. The molecule has 6 aromatic rings. The Morgan fingerprint density at radius 1 is 0.627 bits per heavy atom. The number of aromatic carboxylic acids is 1. The average Bonchev–Trinajstić information content (AvgIpc) is 3.31. The van der Waals surface area contributed by atoms with Crippen molar-refractivity contribution in [3.05, 3.63) is 140 Å². The van der Waals surface area contributed by atoms with Crippen molar-refractivity contribution in [1.82, 2.24) is 36.0 Å². The molecule has 8 rings (SSSR count). The summed E-state index contributed by atoms with van der Waals surface area (Å²) in [6.45, 7) is 2.29. The molecular weight excluding hydrogens is 956 g/mol. The van der Waals surface area contributed by atoms with E-state index in [9.17, 15) is 28.0 Å². The van der Waals surface area contributed by atoms with Crippen molar-refractivity contribution in [3.63, 3.8) is 0 Å². The molecule has 2 aromatic heterocycles. The number of piperidine rings is 2. The molecule has 0 bridgehead atoms. The summed E-state index contributed by atoms with van der Waals surface area (Å²) in [6.07, 6.45) is 2.95. The zero-order valence-electron chi connectivity index (χ0n) is 35.5. The summed E-state index contributed by atoms with van der Waals surface area (Å²) in [5, 5.41) is 21.0. The first-order valence-electron chi connectivity index (χ1n) is 20.7. The summed E-state index contributed by atoms with van der Waals surface area (Å²) in [5.41, 5.74) is 4.55. The number of benzene rings is 4. The third-order valence-corrected chi connectivity index (χ3v) is 11.4. The van der Waals surface area contributed by atoms with Crippen LogP contribution in [0.3, 0.4) is 0 Å². The largest absolute Gasteiger partial charge is 0.484 e. The van der Waals surface area contributed by atoms with Gasteiger partial charge in [0, 0.05) is 71.2 Å². The van der Waals surface area contributed by atoms with Crippen LogP contribution in [0.4, 0.5) is 8.78 Å². The number of aromatic nitrogens is 2. The number of rotatable bonds is 11. The zero-order chi connectivity index (χ0) is 48.0. The molecule has 2 fully saturated rings. The summed E-state index contributed by atoms with van der Waals surface area (Å²) < 4.78 is 37.2. The molecule has 0 radical (unpaired) electrons. The number of nitrogens with one attached hydrogen (secondary N) is 3. The number of carbonyl (C=O) groups is 4. The Bertz CT molecular complexity index is 2730. The molecule has 2 aliphatic heterocycles. The topological polar surface area (TPSA) is 201 Å². The zero-order valence-corrected chi connectivity index (χ0v) is 38.5. The highest BCUT2D eigenvalue weighted by Crippen LogP contribution is 2.23. The van der Waals surface area contributed by atoms with Crippen LogP contribution in [0.25, 0.3) is 21.8 Å². The minimum Gasteiger partial charge on any atom is -0.484 e. The van der Waals surface area contributed by atoms with Gasteiger partial charge in [0.2, 0.25) is 0 Å².